The number of hydrogen-bond acceptors (Lipinski definition) is 6. The number of rotatable bonds is 6. The molecule has 0 bridgehead atoms. The highest BCUT2D eigenvalue weighted by molar-refractivity contribution is 14.1. The van der Waals surface area contributed by atoms with E-state index in [-0.39, 0.29) is 5.82 Å². The van der Waals surface area contributed by atoms with Gasteiger partial charge in [0.15, 0.2) is 0 Å². The van der Waals surface area contributed by atoms with Crippen LogP contribution in [0.1, 0.15) is 13.8 Å². The van der Waals surface area contributed by atoms with Crippen LogP contribution in [0.2, 0.25) is 5.02 Å². The summed E-state index contributed by atoms with van der Waals surface area (Å²) < 4.78 is 16.7. The number of nitrogens with zero attached hydrogens (tertiary/aromatic N) is 5. The first-order chi connectivity index (χ1) is 16.9. The average Bonchev–Trinajstić information content (AvgIpc) is 3.32. The number of pyridine rings is 2. The van der Waals surface area contributed by atoms with Gasteiger partial charge in [0.25, 0.3) is 0 Å². The fraction of sp³-hybridized carbons (Fsp3) is 0.320. The highest BCUT2D eigenvalue weighted by atomic mass is 127. The average molecular weight is 606 g/mol. The Morgan fingerprint density at radius 1 is 1.11 bits per heavy atom. The molecular formula is C25H26ClFIN7. The molecule has 1 aliphatic rings. The lowest BCUT2D eigenvalue weighted by Crippen LogP contribution is -2.55. The summed E-state index contributed by atoms with van der Waals surface area (Å²) in [7, 11) is 0. The van der Waals surface area contributed by atoms with Crippen molar-refractivity contribution in [2.24, 2.45) is 0 Å². The molecule has 4 heterocycles. The number of halogens is 3. The maximum atomic E-state index is 14.5. The van der Waals surface area contributed by atoms with Crippen molar-refractivity contribution in [1.82, 2.24) is 30.2 Å². The van der Waals surface area contributed by atoms with Gasteiger partial charge in [-0.2, -0.15) is 0 Å². The fourth-order valence-corrected chi connectivity index (χ4v) is 5.27. The van der Waals surface area contributed by atoms with Gasteiger partial charge in [0.1, 0.15) is 11.5 Å². The van der Waals surface area contributed by atoms with Crippen LogP contribution in [-0.4, -0.2) is 63.1 Å². The molecule has 0 radical (unpaired) electrons. The maximum Gasteiger partial charge on any atom is 0.132 e. The lowest BCUT2D eigenvalue weighted by molar-refractivity contribution is 0.178. The first-order valence-corrected chi connectivity index (χ1v) is 12.9. The zero-order valence-corrected chi connectivity index (χ0v) is 22.4. The van der Waals surface area contributed by atoms with Crippen LogP contribution in [-0.2, 0) is 0 Å². The molecule has 1 fully saturated rings. The number of H-pyrrole nitrogens is 1. The predicted octanol–water partition coefficient (Wildman–Crippen LogP) is 5.32. The van der Waals surface area contributed by atoms with E-state index in [1.807, 2.05) is 24.4 Å². The Morgan fingerprint density at radius 2 is 1.91 bits per heavy atom. The van der Waals surface area contributed by atoms with Crippen LogP contribution in [0.15, 0.2) is 48.9 Å². The molecule has 5 rings (SSSR count). The maximum absolute atomic E-state index is 14.5. The lowest BCUT2D eigenvalue weighted by atomic mass is 10.1. The molecule has 1 aromatic carbocycles. The van der Waals surface area contributed by atoms with Gasteiger partial charge in [-0.25, -0.2) is 14.4 Å². The van der Waals surface area contributed by atoms with E-state index in [2.05, 4.69) is 65.0 Å². The number of fused-ring (bicyclic) bond motifs is 1. The van der Waals surface area contributed by atoms with Crippen molar-refractivity contribution in [2.75, 3.05) is 29.3 Å². The number of nitrogens with one attached hydrogen (secondary N) is 2. The van der Waals surface area contributed by atoms with Gasteiger partial charge in [-0.15, -0.1) is 0 Å². The smallest absolute Gasteiger partial charge is 0.132 e. The van der Waals surface area contributed by atoms with Crippen LogP contribution in [0.3, 0.4) is 0 Å². The highest BCUT2D eigenvalue weighted by Crippen LogP contribution is 2.32. The molecule has 0 saturated carbocycles. The summed E-state index contributed by atoms with van der Waals surface area (Å²) in [6.07, 6.45) is 3.41. The summed E-state index contributed by atoms with van der Waals surface area (Å²) >= 11 is 8.45. The third-order valence-electron chi connectivity index (χ3n) is 6.13. The molecule has 3 aromatic heterocycles. The summed E-state index contributed by atoms with van der Waals surface area (Å²) in [5.74, 6) is -0.388. The second-order valence-electron chi connectivity index (χ2n) is 8.99. The van der Waals surface area contributed by atoms with Crippen molar-refractivity contribution in [1.29, 1.82) is 0 Å². The molecule has 2 atom stereocenters. The Balaban J connectivity index is 1.39. The quantitative estimate of drug-likeness (QED) is 0.229. The second-order valence-corrected chi connectivity index (χ2v) is 10.6. The number of benzene rings is 1. The molecule has 2 N–H and O–H groups in total. The number of imidazole rings is 1. The van der Waals surface area contributed by atoms with E-state index in [4.69, 9.17) is 16.6 Å². The summed E-state index contributed by atoms with van der Waals surface area (Å²) in [5.41, 5.74) is 4.64. The molecule has 0 amide bonds. The monoisotopic (exact) mass is 605 g/mol. The Labute approximate surface area is 222 Å². The Hall–Kier alpha value is -2.34. The molecule has 0 spiro atoms. The fourth-order valence-electron chi connectivity index (χ4n) is 4.62. The molecule has 1 saturated heterocycles. The largest absolute Gasteiger partial charge is 0.343 e. The first-order valence-electron chi connectivity index (χ1n) is 11.5. The van der Waals surface area contributed by atoms with Crippen LogP contribution >= 0.6 is 34.5 Å². The van der Waals surface area contributed by atoms with Crippen LogP contribution < -0.4 is 8.43 Å². The van der Waals surface area contributed by atoms with E-state index in [9.17, 15) is 4.39 Å². The second kappa shape index (κ2) is 10.3. The summed E-state index contributed by atoms with van der Waals surface area (Å²) in [6.45, 7) is 8.42. The number of aromatic amines is 1. The Morgan fingerprint density at radius 3 is 2.71 bits per heavy atom. The minimum absolute atomic E-state index is 0.331. The molecule has 0 aliphatic carbocycles. The van der Waals surface area contributed by atoms with Gasteiger partial charge in [0.2, 0.25) is 0 Å². The summed E-state index contributed by atoms with van der Waals surface area (Å²) in [4.78, 5) is 19.4. The molecule has 0 unspecified atom stereocenters. The third-order valence-corrected chi connectivity index (χ3v) is 7.40. The number of aromatic nitrogens is 4. The molecule has 10 heteroatoms. The minimum atomic E-state index is -0.388. The van der Waals surface area contributed by atoms with Gasteiger partial charge in [-0.3, -0.25) is 9.88 Å². The summed E-state index contributed by atoms with van der Waals surface area (Å²) in [6, 6.07) is 11.3. The van der Waals surface area contributed by atoms with Gasteiger partial charge in [-0.1, -0.05) is 11.6 Å². The van der Waals surface area contributed by atoms with Crippen molar-refractivity contribution < 1.29 is 4.39 Å². The minimum Gasteiger partial charge on any atom is -0.343 e. The normalized spacial score (nSPS) is 18.8. The van der Waals surface area contributed by atoms with Crippen molar-refractivity contribution >= 4 is 51.2 Å². The van der Waals surface area contributed by atoms with Crippen LogP contribution in [0.25, 0.3) is 33.7 Å². The molecule has 7 nitrogen and oxygen atoms in total. The van der Waals surface area contributed by atoms with Gasteiger partial charge < -0.3 is 13.4 Å². The highest BCUT2D eigenvalue weighted by Gasteiger charge is 2.21. The standard InChI is InChI=1S/C25H26ClFIN7/c1-15-12-34(13-16(2)32-15)7-8-35(28)18-10-23-21(29-11-18)5-6-22(33-23)25-24(30-14-31-25)19-9-17(26)3-4-20(19)27/h3-6,9-11,14-16,32H,7-8,12-13H2,1-2H3,(H,30,31)/t15-,16+. The van der Waals surface area contributed by atoms with Gasteiger partial charge >= 0.3 is 0 Å². The first kappa shape index (κ1) is 24.4. The van der Waals surface area contributed by atoms with E-state index in [0.717, 1.165) is 42.9 Å². The van der Waals surface area contributed by atoms with Crippen LogP contribution in [0, 0.1) is 5.82 Å². The van der Waals surface area contributed by atoms with Gasteiger partial charge in [-0.05, 0) is 50.2 Å². The number of anilines is 1. The molecule has 182 valence electrons. The van der Waals surface area contributed by atoms with Crippen LogP contribution in [0.4, 0.5) is 10.1 Å². The SMILES string of the molecule is C[C@@H]1CN(CCN(I)c2cnc3ccc(-c4[nH]cnc4-c4cc(Cl)ccc4F)nc3c2)C[C@H](C)N1. The Kier molecular flexibility index (Phi) is 7.19. The zero-order chi connectivity index (χ0) is 24.5. The van der Waals surface area contributed by atoms with Crippen molar-refractivity contribution in [3.63, 3.8) is 0 Å². The molecule has 35 heavy (non-hydrogen) atoms. The Bertz CT molecular complexity index is 1340. The van der Waals surface area contributed by atoms with E-state index < -0.39 is 0 Å². The number of hydrogen-bond donors (Lipinski definition) is 2. The topological polar surface area (TPSA) is 73.0 Å². The van der Waals surface area contributed by atoms with Crippen molar-refractivity contribution in [3.05, 3.63) is 59.8 Å². The predicted molar refractivity (Wildman–Crippen MR) is 147 cm³/mol. The van der Waals surface area contributed by atoms with Crippen molar-refractivity contribution in [3.8, 4) is 22.6 Å². The van der Waals surface area contributed by atoms with E-state index in [0.29, 0.717) is 39.8 Å². The molecule has 4 aromatic rings. The van der Waals surface area contributed by atoms with Gasteiger partial charge in [0.05, 0.1) is 63.5 Å². The third kappa shape index (κ3) is 5.42. The van der Waals surface area contributed by atoms with E-state index in [1.165, 1.54) is 18.5 Å². The zero-order valence-electron chi connectivity index (χ0n) is 19.5. The van der Waals surface area contributed by atoms with Crippen LogP contribution in [0.5, 0.6) is 0 Å². The molecule has 1 aliphatic heterocycles. The van der Waals surface area contributed by atoms with Gasteiger partial charge in [0, 0.05) is 48.8 Å². The summed E-state index contributed by atoms with van der Waals surface area (Å²) in [5, 5.41) is 4.02. The van der Waals surface area contributed by atoms with E-state index >= 15 is 0 Å². The van der Waals surface area contributed by atoms with Crippen molar-refractivity contribution in [2.45, 2.75) is 25.9 Å². The lowest BCUT2D eigenvalue weighted by Gasteiger charge is -2.36. The number of piperazine rings is 1. The van der Waals surface area contributed by atoms with E-state index in [1.54, 1.807) is 6.07 Å². The molecular weight excluding hydrogens is 580 g/mol.